The molecule has 0 fully saturated rings. The molecule has 0 radical (unpaired) electrons. The predicted octanol–water partition coefficient (Wildman–Crippen LogP) is 4.19. The Labute approximate surface area is 129 Å². The molecule has 1 aliphatic heterocycles. The van der Waals surface area contributed by atoms with Gasteiger partial charge in [-0.3, -0.25) is 0 Å². The first-order valence-electron chi connectivity index (χ1n) is 7.36. The Morgan fingerprint density at radius 3 is 2.55 bits per heavy atom. The fraction of sp³-hybridized carbons (Fsp3) is 0.158. The first kappa shape index (κ1) is 13.0. The maximum Gasteiger partial charge on any atom is 0.231 e. The molecule has 0 saturated heterocycles. The minimum absolute atomic E-state index is 0.309. The fourth-order valence-corrected chi connectivity index (χ4v) is 2.73. The molecule has 110 valence electrons. The lowest BCUT2D eigenvalue weighted by molar-refractivity contribution is 0.174. The summed E-state index contributed by atoms with van der Waals surface area (Å²) in [5.41, 5.74) is 3.66. The summed E-state index contributed by atoms with van der Waals surface area (Å²) < 4.78 is 16.5. The van der Waals surface area contributed by atoms with Gasteiger partial charge in [-0.15, -0.1) is 0 Å². The molecule has 2 aromatic carbocycles. The Balaban J connectivity index is 1.55. The maximum atomic E-state index is 5.68. The molecule has 3 heteroatoms. The molecule has 0 amide bonds. The Hall–Kier alpha value is -2.68. The number of fused-ring (bicyclic) bond motifs is 1. The molecular formula is C19H16O3. The molecule has 0 bridgehead atoms. The standard InChI is InChI=1S/C19H16O3/c1-2-4-14(5-3-1)11-18-16(8-9-20-18)10-15-6-7-17-19(12-15)22-13-21-17/h1-9,12H,10-11,13H2. The van der Waals surface area contributed by atoms with Crippen LogP contribution in [0.15, 0.2) is 65.3 Å². The molecule has 0 aliphatic carbocycles. The average molecular weight is 292 g/mol. The molecule has 0 saturated carbocycles. The van der Waals surface area contributed by atoms with Crippen LogP contribution >= 0.6 is 0 Å². The highest BCUT2D eigenvalue weighted by molar-refractivity contribution is 5.46. The molecule has 4 rings (SSSR count). The number of rotatable bonds is 4. The lowest BCUT2D eigenvalue weighted by atomic mass is 10.0. The van der Waals surface area contributed by atoms with Crippen molar-refractivity contribution in [2.45, 2.75) is 12.8 Å². The number of hydrogen-bond donors (Lipinski definition) is 0. The van der Waals surface area contributed by atoms with Gasteiger partial charge < -0.3 is 13.9 Å². The summed E-state index contributed by atoms with van der Waals surface area (Å²) in [6.07, 6.45) is 3.41. The average Bonchev–Trinajstić information content (AvgIpc) is 3.18. The van der Waals surface area contributed by atoms with Gasteiger partial charge in [-0.05, 0) is 34.9 Å². The lowest BCUT2D eigenvalue weighted by Crippen LogP contribution is -1.94. The third-order valence-electron chi connectivity index (χ3n) is 3.88. The summed E-state index contributed by atoms with van der Waals surface area (Å²) in [6, 6.07) is 18.5. The van der Waals surface area contributed by atoms with E-state index < -0.39 is 0 Å². The number of benzene rings is 2. The van der Waals surface area contributed by atoms with E-state index in [0.29, 0.717) is 6.79 Å². The zero-order valence-corrected chi connectivity index (χ0v) is 12.1. The molecule has 0 unspecified atom stereocenters. The van der Waals surface area contributed by atoms with Crippen LogP contribution in [0.25, 0.3) is 0 Å². The monoisotopic (exact) mass is 292 g/mol. The van der Waals surface area contributed by atoms with Crippen LogP contribution in [-0.2, 0) is 12.8 Å². The van der Waals surface area contributed by atoms with Gasteiger partial charge in [-0.1, -0.05) is 36.4 Å². The van der Waals surface area contributed by atoms with Gasteiger partial charge in [0.15, 0.2) is 11.5 Å². The van der Waals surface area contributed by atoms with E-state index in [1.807, 2.05) is 24.3 Å². The van der Waals surface area contributed by atoms with Crippen molar-refractivity contribution in [3.05, 3.63) is 83.3 Å². The summed E-state index contributed by atoms with van der Waals surface area (Å²) in [5, 5.41) is 0. The molecule has 0 atom stereocenters. The molecular weight excluding hydrogens is 276 g/mol. The largest absolute Gasteiger partial charge is 0.469 e. The Bertz CT molecular complexity index is 774. The Morgan fingerprint density at radius 1 is 0.773 bits per heavy atom. The van der Waals surface area contributed by atoms with Crippen molar-refractivity contribution < 1.29 is 13.9 Å². The molecule has 0 N–H and O–H groups in total. The summed E-state index contributed by atoms with van der Waals surface area (Å²) >= 11 is 0. The summed E-state index contributed by atoms with van der Waals surface area (Å²) in [6.45, 7) is 0.309. The van der Waals surface area contributed by atoms with Crippen molar-refractivity contribution in [2.75, 3.05) is 6.79 Å². The molecule has 3 aromatic rings. The van der Waals surface area contributed by atoms with E-state index in [2.05, 4.69) is 30.3 Å². The second kappa shape index (κ2) is 5.60. The molecule has 0 spiro atoms. The molecule has 1 aliphatic rings. The van der Waals surface area contributed by atoms with Crippen LogP contribution in [0.3, 0.4) is 0 Å². The van der Waals surface area contributed by atoms with Crippen LogP contribution in [0, 0.1) is 0 Å². The van der Waals surface area contributed by atoms with Crippen LogP contribution in [-0.4, -0.2) is 6.79 Å². The van der Waals surface area contributed by atoms with E-state index in [1.54, 1.807) is 6.26 Å². The minimum Gasteiger partial charge on any atom is -0.469 e. The Morgan fingerprint density at radius 2 is 1.64 bits per heavy atom. The molecule has 1 aromatic heterocycles. The number of ether oxygens (including phenoxy) is 2. The smallest absolute Gasteiger partial charge is 0.231 e. The van der Waals surface area contributed by atoms with Gasteiger partial charge in [0.25, 0.3) is 0 Å². The fourth-order valence-electron chi connectivity index (χ4n) is 2.73. The van der Waals surface area contributed by atoms with Crippen molar-refractivity contribution in [1.29, 1.82) is 0 Å². The van der Waals surface area contributed by atoms with Gasteiger partial charge in [0.1, 0.15) is 5.76 Å². The van der Waals surface area contributed by atoms with Crippen molar-refractivity contribution in [3.63, 3.8) is 0 Å². The predicted molar refractivity (Wildman–Crippen MR) is 83.3 cm³/mol. The summed E-state index contributed by atoms with van der Waals surface area (Å²) in [7, 11) is 0. The highest BCUT2D eigenvalue weighted by atomic mass is 16.7. The maximum absolute atomic E-state index is 5.68. The van der Waals surface area contributed by atoms with Crippen molar-refractivity contribution in [1.82, 2.24) is 0 Å². The normalized spacial score (nSPS) is 12.5. The van der Waals surface area contributed by atoms with Gasteiger partial charge in [0.05, 0.1) is 6.26 Å². The van der Waals surface area contributed by atoms with Crippen LogP contribution in [0.4, 0.5) is 0 Å². The van der Waals surface area contributed by atoms with Gasteiger partial charge in [-0.25, -0.2) is 0 Å². The molecule has 3 nitrogen and oxygen atoms in total. The van der Waals surface area contributed by atoms with Gasteiger partial charge in [0.2, 0.25) is 6.79 Å². The van der Waals surface area contributed by atoms with Crippen molar-refractivity contribution in [3.8, 4) is 11.5 Å². The third kappa shape index (κ3) is 2.58. The van der Waals surface area contributed by atoms with Crippen LogP contribution in [0.1, 0.15) is 22.5 Å². The van der Waals surface area contributed by atoms with E-state index in [9.17, 15) is 0 Å². The van der Waals surface area contributed by atoms with E-state index in [0.717, 1.165) is 30.1 Å². The lowest BCUT2D eigenvalue weighted by Gasteiger charge is -2.05. The van der Waals surface area contributed by atoms with E-state index in [1.165, 1.54) is 16.7 Å². The van der Waals surface area contributed by atoms with Crippen LogP contribution in [0.5, 0.6) is 11.5 Å². The highest BCUT2D eigenvalue weighted by Gasteiger charge is 2.14. The first-order chi connectivity index (χ1) is 10.9. The second-order valence-electron chi connectivity index (χ2n) is 5.40. The zero-order valence-electron chi connectivity index (χ0n) is 12.1. The molecule has 2 heterocycles. The van der Waals surface area contributed by atoms with Gasteiger partial charge >= 0.3 is 0 Å². The number of hydrogen-bond acceptors (Lipinski definition) is 3. The zero-order chi connectivity index (χ0) is 14.8. The summed E-state index contributed by atoms with van der Waals surface area (Å²) in [5.74, 6) is 2.66. The highest BCUT2D eigenvalue weighted by Crippen LogP contribution is 2.33. The van der Waals surface area contributed by atoms with Crippen molar-refractivity contribution in [2.24, 2.45) is 0 Å². The first-order valence-corrected chi connectivity index (χ1v) is 7.36. The topological polar surface area (TPSA) is 31.6 Å². The van der Waals surface area contributed by atoms with E-state index in [-0.39, 0.29) is 0 Å². The van der Waals surface area contributed by atoms with Crippen LogP contribution in [0.2, 0.25) is 0 Å². The van der Waals surface area contributed by atoms with Crippen molar-refractivity contribution >= 4 is 0 Å². The minimum atomic E-state index is 0.309. The summed E-state index contributed by atoms with van der Waals surface area (Å²) in [4.78, 5) is 0. The Kier molecular flexibility index (Phi) is 3.31. The second-order valence-corrected chi connectivity index (χ2v) is 5.40. The quantitative estimate of drug-likeness (QED) is 0.722. The molecule has 22 heavy (non-hydrogen) atoms. The van der Waals surface area contributed by atoms with Gasteiger partial charge in [0, 0.05) is 12.8 Å². The van der Waals surface area contributed by atoms with Crippen LogP contribution < -0.4 is 9.47 Å². The van der Waals surface area contributed by atoms with Gasteiger partial charge in [-0.2, -0.15) is 0 Å². The SMILES string of the molecule is c1ccc(Cc2occc2Cc2ccc3c(c2)OCO3)cc1. The number of furan rings is 1. The third-order valence-corrected chi connectivity index (χ3v) is 3.88. The van der Waals surface area contributed by atoms with E-state index in [4.69, 9.17) is 13.9 Å². The van der Waals surface area contributed by atoms with E-state index >= 15 is 0 Å².